The highest BCUT2D eigenvalue weighted by atomic mass is 127. The summed E-state index contributed by atoms with van der Waals surface area (Å²) < 4.78 is 24.2. The van der Waals surface area contributed by atoms with E-state index in [9.17, 15) is 13.5 Å². The highest BCUT2D eigenvalue weighted by Gasteiger charge is 2.12. The number of rotatable bonds is 7. The van der Waals surface area contributed by atoms with Crippen molar-refractivity contribution in [3.05, 3.63) is 65.0 Å². The fraction of sp³-hybridized carbons (Fsp3) is 0.286. The van der Waals surface area contributed by atoms with Crippen molar-refractivity contribution in [3.63, 3.8) is 0 Å². The van der Waals surface area contributed by atoms with E-state index in [4.69, 9.17) is 0 Å². The molecule has 1 aromatic heterocycles. The second-order valence-electron chi connectivity index (χ2n) is 6.75. The first-order valence-corrected chi connectivity index (χ1v) is 12.0. The average Bonchev–Trinajstić information content (AvgIpc) is 3.14. The minimum Gasteiger partial charge on any atom is -0.386 e. The molecule has 162 valence electrons. The Kier molecular flexibility index (Phi) is 9.08. The molecule has 1 atom stereocenters. The van der Waals surface area contributed by atoms with Crippen LogP contribution < -0.4 is 10.6 Å². The van der Waals surface area contributed by atoms with Gasteiger partial charge >= 0.3 is 0 Å². The molecule has 0 bridgehead atoms. The molecule has 3 rings (SSSR count). The number of nitrogens with zero attached hydrogens (tertiary/aromatic N) is 1. The molecule has 6 nitrogen and oxygen atoms in total. The van der Waals surface area contributed by atoms with Crippen molar-refractivity contribution >= 4 is 61.2 Å². The van der Waals surface area contributed by atoms with E-state index in [1.165, 1.54) is 6.26 Å². The van der Waals surface area contributed by atoms with Crippen LogP contribution in [0.5, 0.6) is 0 Å². The number of aliphatic hydroxyl groups excluding tert-OH is 1. The predicted octanol–water partition coefficient (Wildman–Crippen LogP) is 3.36. The van der Waals surface area contributed by atoms with E-state index in [1.807, 2.05) is 42.5 Å². The van der Waals surface area contributed by atoms with E-state index >= 15 is 0 Å². The number of aliphatic imine (C=N–C) groups is 1. The van der Waals surface area contributed by atoms with Crippen LogP contribution in [0.25, 0.3) is 10.1 Å². The zero-order chi connectivity index (χ0) is 20.9. The van der Waals surface area contributed by atoms with Gasteiger partial charge < -0.3 is 15.7 Å². The molecular weight excluding hydrogens is 533 g/mol. The molecule has 0 radical (unpaired) electrons. The Bertz CT molecular complexity index is 1060. The van der Waals surface area contributed by atoms with Crippen LogP contribution in [-0.2, 0) is 16.3 Å². The molecule has 0 fully saturated rings. The highest BCUT2D eigenvalue weighted by molar-refractivity contribution is 14.0. The molecule has 0 aliphatic heterocycles. The third-order valence-corrected chi connectivity index (χ3v) is 6.86. The number of guanidine groups is 1. The zero-order valence-electron chi connectivity index (χ0n) is 16.8. The number of halogens is 1. The lowest BCUT2D eigenvalue weighted by molar-refractivity contribution is 0.184. The number of hydrogen-bond donors (Lipinski definition) is 3. The molecule has 1 unspecified atom stereocenters. The molecule has 0 amide bonds. The average molecular weight is 559 g/mol. The second-order valence-corrected chi connectivity index (χ2v) is 9.88. The number of fused-ring (bicyclic) bond motifs is 1. The number of nitrogens with one attached hydrogen (secondary N) is 2. The van der Waals surface area contributed by atoms with Gasteiger partial charge in [-0.05, 0) is 41.6 Å². The minimum absolute atomic E-state index is 0. The highest BCUT2D eigenvalue weighted by Crippen LogP contribution is 2.29. The molecule has 0 saturated heterocycles. The van der Waals surface area contributed by atoms with Gasteiger partial charge in [0.15, 0.2) is 15.8 Å². The van der Waals surface area contributed by atoms with E-state index in [2.05, 4.69) is 15.6 Å². The Morgan fingerprint density at radius 2 is 1.83 bits per heavy atom. The molecule has 0 saturated carbocycles. The minimum atomic E-state index is -3.17. The fourth-order valence-corrected chi connectivity index (χ4v) is 4.59. The van der Waals surface area contributed by atoms with Crippen LogP contribution in [-0.4, -0.2) is 45.9 Å². The molecule has 0 aliphatic rings. The first-order chi connectivity index (χ1) is 13.9. The maximum absolute atomic E-state index is 11.5. The molecular formula is C21H26IN3O3S2. The Balaban J connectivity index is 0.00000320. The molecule has 30 heavy (non-hydrogen) atoms. The molecule has 3 N–H and O–H groups in total. The van der Waals surface area contributed by atoms with E-state index in [-0.39, 0.29) is 24.0 Å². The first-order valence-electron chi connectivity index (χ1n) is 9.27. The van der Waals surface area contributed by atoms with Gasteiger partial charge in [0, 0.05) is 36.0 Å². The number of thiophene rings is 1. The smallest absolute Gasteiger partial charge is 0.191 e. The van der Waals surface area contributed by atoms with Gasteiger partial charge in [-0.25, -0.2) is 8.42 Å². The van der Waals surface area contributed by atoms with Crippen molar-refractivity contribution in [2.45, 2.75) is 17.4 Å². The second kappa shape index (κ2) is 11.1. The largest absolute Gasteiger partial charge is 0.386 e. The van der Waals surface area contributed by atoms with Gasteiger partial charge in [0.05, 0.1) is 4.90 Å². The summed E-state index contributed by atoms with van der Waals surface area (Å²) in [5, 5.41) is 18.0. The summed E-state index contributed by atoms with van der Waals surface area (Å²) in [6.45, 7) is 0.992. The third kappa shape index (κ3) is 6.66. The lowest BCUT2D eigenvalue weighted by Gasteiger charge is -2.14. The summed E-state index contributed by atoms with van der Waals surface area (Å²) >= 11 is 1.59. The van der Waals surface area contributed by atoms with E-state index in [0.29, 0.717) is 23.9 Å². The maximum Gasteiger partial charge on any atom is 0.191 e. The zero-order valence-corrected chi connectivity index (χ0v) is 20.8. The molecule has 2 aromatic carbocycles. The first kappa shape index (κ1) is 24.6. The molecule has 1 heterocycles. The van der Waals surface area contributed by atoms with Crippen LogP contribution in [0.15, 0.2) is 64.5 Å². The van der Waals surface area contributed by atoms with Crippen LogP contribution in [0.2, 0.25) is 0 Å². The number of hydrogen-bond acceptors (Lipinski definition) is 5. The van der Waals surface area contributed by atoms with Crippen molar-refractivity contribution in [1.29, 1.82) is 0 Å². The van der Waals surface area contributed by atoms with Gasteiger partial charge in [-0.15, -0.1) is 35.3 Å². The van der Waals surface area contributed by atoms with Crippen LogP contribution in [0.4, 0.5) is 0 Å². The summed E-state index contributed by atoms with van der Waals surface area (Å²) in [4.78, 5) is 5.42. The van der Waals surface area contributed by atoms with E-state index < -0.39 is 15.9 Å². The topological polar surface area (TPSA) is 90.8 Å². The van der Waals surface area contributed by atoms with Crippen LogP contribution >= 0.6 is 35.3 Å². The Morgan fingerprint density at radius 3 is 2.47 bits per heavy atom. The summed E-state index contributed by atoms with van der Waals surface area (Å²) in [6.07, 6.45) is 1.31. The Labute approximate surface area is 198 Å². The van der Waals surface area contributed by atoms with E-state index in [1.54, 1.807) is 30.5 Å². The molecule has 0 spiro atoms. The summed E-state index contributed by atoms with van der Waals surface area (Å²) in [5.74, 6) is 0.609. The number of benzene rings is 2. The van der Waals surface area contributed by atoms with Gasteiger partial charge in [-0.2, -0.15) is 0 Å². The van der Waals surface area contributed by atoms with Gasteiger partial charge in [-0.1, -0.05) is 30.3 Å². The number of aliphatic hydroxyl groups is 1. The Morgan fingerprint density at radius 1 is 1.13 bits per heavy atom. The molecule has 0 aliphatic carbocycles. The predicted molar refractivity (Wildman–Crippen MR) is 135 cm³/mol. The quantitative estimate of drug-likeness (QED) is 0.235. The maximum atomic E-state index is 11.5. The van der Waals surface area contributed by atoms with E-state index in [0.717, 1.165) is 26.9 Å². The lowest BCUT2D eigenvalue weighted by Crippen LogP contribution is -2.40. The van der Waals surface area contributed by atoms with Gasteiger partial charge in [0.25, 0.3) is 0 Å². The molecule has 9 heteroatoms. The standard InChI is InChI=1S/C21H25N3O3S2.HI/c1-22-21(23-12-11-15-7-9-17(10-8-15)29(2,26)27)24-14-18(25)20-13-16-5-3-4-6-19(16)28-20;/h3-10,13,18,25H,11-12,14H2,1-2H3,(H2,22,23,24);1H. The summed E-state index contributed by atoms with van der Waals surface area (Å²) in [6, 6.07) is 17.0. The van der Waals surface area contributed by atoms with Crippen molar-refractivity contribution < 1.29 is 13.5 Å². The fourth-order valence-electron chi connectivity index (χ4n) is 2.91. The monoisotopic (exact) mass is 559 g/mol. The number of sulfone groups is 1. The van der Waals surface area contributed by atoms with Gasteiger partial charge in [-0.3, -0.25) is 4.99 Å². The van der Waals surface area contributed by atoms with Gasteiger partial charge in [0.2, 0.25) is 0 Å². The summed E-state index contributed by atoms with van der Waals surface area (Å²) in [5.41, 5.74) is 1.03. The Hall–Kier alpha value is -1.69. The van der Waals surface area contributed by atoms with Crippen LogP contribution in [0.3, 0.4) is 0 Å². The molecule has 3 aromatic rings. The van der Waals surface area contributed by atoms with Crippen molar-refractivity contribution in [2.75, 3.05) is 26.4 Å². The van der Waals surface area contributed by atoms with Gasteiger partial charge in [0.1, 0.15) is 6.10 Å². The van der Waals surface area contributed by atoms with Crippen molar-refractivity contribution in [1.82, 2.24) is 10.6 Å². The normalized spacial score (nSPS) is 13.0. The summed E-state index contributed by atoms with van der Waals surface area (Å²) in [7, 11) is -1.49. The lowest BCUT2D eigenvalue weighted by atomic mass is 10.1. The SMILES string of the molecule is CN=C(NCCc1ccc(S(C)(=O)=O)cc1)NCC(O)c1cc2ccccc2s1.I. The van der Waals surface area contributed by atoms with Crippen molar-refractivity contribution in [3.8, 4) is 0 Å². The van der Waals surface area contributed by atoms with Crippen LogP contribution in [0, 0.1) is 0 Å². The van der Waals surface area contributed by atoms with Crippen LogP contribution in [0.1, 0.15) is 16.5 Å². The third-order valence-electron chi connectivity index (χ3n) is 4.52. The van der Waals surface area contributed by atoms with Crippen molar-refractivity contribution in [2.24, 2.45) is 4.99 Å².